The first kappa shape index (κ1) is 22.6. The summed E-state index contributed by atoms with van der Waals surface area (Å²) in [5, 5.41) is 5.78. The highest BCUT2D eigenvalue weighted by Crippen LogP contribution is 2.09. The number of nitrogens with one attached hydrogen (secondary N) is 2. The zero-order chi connectivity index (χ0) is 19.8. The van der Waals surface area contributed by atoms with Crippen LogP contribution in [0.4, 0.5) is 0 Å². The van der Waals surface area contributed by atoms with Gasteiger partial charge in [-0.05, 0) is 29.8 Å². The van der Waals surface area contributed by atoms with Crippen molar-refractivity contribution in [3.63, 3.8) is 0 Å². The molecule has 0 bridgehead atoms. The Hall–Kier alpha value is -2.69. The lowest BCUT2D eigenvalue weighted by molar-refractivity contribution is -0.123. The summed E-state index contributed by atoms with van der Waals surface area (Å²) in [6, 6.07) is 13.0. The van der Waals surface area contributed by atoms with Crippen LogP contribution in [0.1, 0.15) is 21.6 Å². The third-order valence-electron chi connectivity index (χ3n) is 4.37. The van der Waals surface area contributed by atoms with Crippen LogP contribution in [0.2, 0.25) is 0 Å². The zero-order valence-corrected chi connectivity index (χ0v) is 18.3. The Morgan fingerprint density at radius 2 is 2.03 bits per heavy atom. The van der Waals surface area contributed by atoms with Gasteiger partial charge in [0.1, 0.15) is 0 Å². The van der Waals surface area contributed by atoms with Gasteiger partial charge >= 0.3 is 0 Å². The molecule has 29 heavy (non-hydrogen) atoms. The Balaban J connectivity index is 0.00000300. The topological polar surface area (TPSA) is 113 Å². The predicted molar refractivity (Wildman–Crippen MR) is 122 cm³/mol. The van der Waals surface area contributed by atoms with E-state index in [1.807, 2.05) is 30.3 Å². The Bertz CT molecular complexity index is 842. The first-order valence-corrected chi connectivity index (χ1v) is 9.20. The molecular formula is C20H25IN6O2. The highest BCUT2D eigenvalue weighted by Gasteiger charge is 2.21. The van der Waals surface area contributed by atoms with Gasteiger partial charge in [-0.1, -0.05) is 18.2 Å². The largest absolute Gasteiger partial charge is 0.370 e. The molecule has 0 aliphatic carbocycles. The molecule has 1 aliphatic heterocycles. The third kappa shape index (κ3) is 7.00. The highest BCUT2D eigenvalue weighted by molar-refractivity contribution is 14.0. The molecule has 2 aromatic rings. The van der Waals surface area contributed by atoms with Gasteiger partial charge in [0.2, 0.25) is 5.91 Å². The molecule has 1 aromatic carbocycles. The molecule has 1 saturated heterocycles. The van der Waals surface area contributed by atoms with E-state index in [1.54, 1.807) is 23.2 Å². The molecule has 154 valence electrons. The van der Waals surface area contributed by atoms with Crippen molar-refractivity contribution >= 4 is 41.8 Å². The summed E-state index contributed by atoms with van der Waals surface area (Å²) in [5.41, 5.74) is 8.39. The first-order chi connectivity index (χ1) is 13.6. The Morgan fingerprint density at radius 3 is 2.72 bits per heavy atom. The van der Waals surface area contributed by atoms with Crippen LogP contribution in [0.5, 0.6) is 0 Å². The molecule has 1 aromatic heterocycles. The van der Waals surface area contributed by atoms with Crippen LogP contribution in [-0.2, 0) is 17.8 Å². The molecule has 1 aliphatic rings. The monoisotopic (exact) mass is 508 g/mol. The number of carbonyl (C=O) groups is 2. The number of nitrogens with zero attached hydrogens (tertiary/aromatic N) is 3. The molecule has 0 unspecified atom stereocenters. The van der Waals surface area contributed by atoms with Crippen molar-refractivity contribution in [3.05, 3.63) is 65.5 Å². The van der Waals surface area contributed by atoms with Crippen LogP contribution in [-0.4, -0.2) is 53.8 Å². The fraction of sp³-hybridized carbons (Fsp3) is 0.300. The minimum atomic E-state index is -0.138. The fourth-order valence-corrected chi connectivity index (χ4v) is 2.84. The molecule has 0 spiro atoms. The number of rotatable bonds is 6. The zero-order valence-electron chi connectivity index (χ0n) is 16.0. The van der Waals surface area contributed by atoms with Gasteiger partial charge in [-0.3, -0.25) is 14.6 Å². The Kier molecular flexibility index (Phi) is 8.84. The summed E-state index contributed by atoms with van der Waals surface area (Å²) >= 11 is 0. The lowest BCUT2D eigenvalue weighted by atomic mass is 10.1. The van der Waals surface area contributed by atoms with E-state index in [-0.39, 0.29) is 42.3 Å². The number of piperazine rings is 1. The van der Waals surface area contributed by atoms with Gasteiger partial charge in [-0.2, -0.15) is 0 Å². The summed E-state index contributed by atoms with van der Waals surface area (Å²) in [7, 11) is 0. The maximum absolute atomic E-state index is 12.4. The van der Waals surface area contributed by atoms with E-state index < -0.39 is 0 Å². The summed E-state index contributed by atoms with van der Waals surface area (Å²) < 4.78 is 0. The summed E-state index contributed by atoms with van der Waals surface area (Å²) in [5.74, 6) is 0.104. The van der Waals surface area contributed by atoms with Crippen LogP contribution in [0.15, 0.2) is 53.7 Å². The van der Waals surface area contributed by atoms with Gasteiger partial charge < -0.3 is 21.3 Å². The van der Waals surface area contributed by atoms with Crippen LogP contribution < -0.4 is 16.4 Å². The second kappa shape index (κ2) is 11.3. The van der Waals surface area contributed by atoms with Gasteiger partial charge in [0.05, 0.1) is 13.1 Å². The number of pyridine rings is 1. The van der Waals surface area contributed by atoms with E-state index in [4.69, 9.17) is 5.73 Å². The van der Waals surface area contributed by atoms with E-state index in [0.29, 0.717) is 37.7 Å². The van der Waals surface area contributed by atoms with Gasteiger partial charge in [0.15, 0.2) is 5.96 Å². The number of hydrogen-bond acceptors (Lipinski definition) is 4. The average Bonchev–Trinajstić information content (AvgIpc) is 2.73. The molecule has 2 amide bonds. The van der Waals surface area contributed by atoms with Crippen molar-refractivity contribution in [1.29, 1.82) is 0 Å². The maximum atomic E-state index is 12.4. The number of guanidine groups is 1. The summed E-state index contributed by atoms with van der Waals surface area (Å²) in [4.78, 5) is 34.0. The molecule has 0 saturated carbocycles. The minimum absolute atomic E-state index is 0. The van der Waals surface area contributed by atoms with Crippen LogP contribution >= 0.6 is 24.0 Å². The molecule has 4 N–H and O–H groups in total. The fourth-order valence-electron chi connectivity index (χ4n) is 2.84. The predicted octanol–water partition coefficient (Wildman–Crippen LogP) is 0.919. The smallest absolute Gasteiger partial charge is 0.254 e. The molecule has 1 fully saturated rings. The van der Waals surface area contributed by atoms with Crippen molar-refractivity contribution in [2.45, 2.75) is 13.0 Å². The lowest BCUT2D eigenvalue weighted by Gasteiger charge is -2.26. The summed E-state index contributed by atoms with van der Waals surface area (Å²) in [6.07, 6.45) is 2.53. The van der Waals surface area contributed by atoms with Crippen molar-refractivity contribution in [2.24, 2.45) is 10.7 Å². The Morgan fingerprint density at radius 1 is 1.24 bits per heavy atom. The average molecular weight is 508 g/mol. The lowest BCUT2D eigenvalue weighted by Crippen LogP contribution is -2.49. The maximum Gasteiger partial charge on any atom is 0.254 e. The molecule has 0 radical (unpaired) electrons. The van der Waals surface area contributed by atoms with Gasteiger partial charge in [0.25, 0.3) is 5.91 Å². The van der Waals surface area contributed by atoms with Crippen molar-refractivity contribution in [2.75, 3.05) is 26.2 Å². The SMILES string of the molecule is I.NC(=NCc1ccc(C(=O)N2CCNC(=O)C2)cc1)NCCc1ccccn1. The molecule has 2 heterocycles. The molecular weight excluding hydrogens is 483 g/mol. The van der Waals surface area contributed by atoms with E-state index >= 15 is 0 Å². The van der Waals surface area contributed by atoms with E-state index in [0.717, 1.165) is 17.7 Å². The molecule has 3 rings (SSSR count). The normalized spacial score (nSPS) is 14.0. The molecule has 8 nitrogen and oxygen atoms in total. The quantitative estimate of drug-likeness (QED) is 0.305. The standard InChI is InChI=1S/C20H24N6O2.HI/c21-20(24-10-8-17-3-1-2-9-22-17)25-13-15-4-6-16(7-5-15)19(28)26-12-11-23-18(27)14-26;/h1-7,9H,8,10-14H2,(H,23,27)(H3,21,24,25);1H. The Labute approximate surface area is 187 Å². The molecule has 9 heteroatoms. The van der Waals surface area contributed by atoms with Crippen LogP contribution in [0.25, 0.3) is 0 Å². The van der Waals surface area contributed by atoms with Gasteiger partial charge in [0, 0.05) is 43.5 Å². The number of hydrogen-bond donors (Lipinski definition) is 3. The number of halogens is 1. The number of amides is 2. The highest BCUT2D eigenvalue weighted by atomic mass is 127. The number of benzene rings is 1. The number of carbonyl (C=O) groups excluding carboxylic acids is 2. The number of aliphatic imine (C=N–C) groups is 1. The number of aromatic nitrogens is 1. The van der Waals surface area contributed by atoms with Crippen molar-refractivity contribution in [1.82, 2.24) is 20.5 Å². The minimum Gasteiger partial charge on any atom is -0.370 e. The molecule has 0 atom stereocenters. The summed E-state index contributed by atoms with van der Waals surface area (Å²) in [6.45, 7) is 2.19. The van der Waals surface area contributed by atoms with Crippen LogP contribution in [0.3, 0.4) is 0 Å². The van der Waals surface area contributed by atoms with E-state index in [2.05, 4.69) is 20.6 Å². The van der Waals surface area contributed by atoms with Gasteiger partial charge in [-0.25, -0.2) is 4.99 Å². The third-order valence-corrected chi connectivity index (χ3v) is 4.37. The first-order valence-electron chi connectivity index (χ1n) is 9.20. The second-order valence-electron chi connectivity index (χ2n) is 6.47. The van der Waals surface area contributed by atoms with E-state index in [9.17, 15) is 9.59 Å². The van der Waals surface area contributed by atoms with Gasteiger partial charge in [-0.15, -0.1) is 24.0 Å². The van der Waals surface area contributed by atoms with Crippen molar-refractivity contribution < 1.29 is 9.59 Å². The van der Waals surface area contributed by atoms with Crippen molar-refractivity contribution in [3.8, 4) is 0 Å². The second-order valence-corrected chi connectivity index (χ2v) is 6.47. The van der Waals surface area contributed by atoms with Crippen LogP contribution in [0, 0.1) is 0 Å². The number of nitrogens with two attached hydrogens (primary N) is 1. The van der Waals surface area contributed by atoms with E-state index in [1.165, 1.54) is 0 Å².